The Labute approximate surface area is 175 Å². The summed E-state index contributed by atoms with van der Waals surface area (Å²) in [7, 11) is 2.86. The van der Waals surface area contributed by atoms with E-state index in [1.807, 2.05) is 0 Å². The van der Waals surface area contributed by atoms with Crippen LogP contribution in [0.15, 0.2) is 12.1 Å². The zero-order chi connectivity index (χ0) is 21.7. The summed E-state index contributed by atoms with van der Waals surface area (Å²) in [5.41, 5.74) is 5.49. The number of methoxy groups -OCH3 is 2. The first-order valence-electron chi connectivity index (χ1n) is 10.2. The number of benzene rings is 1. The lowest BCUT2D eigenvalue weighted by molar-refractivity contribution is -0.126. The Morgan fingerprint density at radius 2 is 1.80 bits per heavy atom. The van der Waals surface area contributed by atoms with Gasteiger partial charge >= 0.3 is 0 Å². The lowest BCUT2D eigenvalue weighted by Crippen LogP contribution is -2.45. The van der Waals surface area contributed by atoms with E-state index in [2.05, 4.69) is 5.32 Å². The van der Waals surface area contributed by atoms with Crippen molar-refractivity contribution in [1.82, 2.24) is 10.2 Å². The van der Waals surface area contributed by atoms with Crippen LogP contribution in [0, 0.1) is 11.8 Å². The van der Waals surface area contributed by atoms with E-state index in [-0.39, 0.29) is 41.6 Å². The van der Waals surface area contributed by atoms with Crippen molar-refractivity contribution < 1.29 is 28.6 Å². The third-order valence-electron chi connectivity index (χ3n) is 5.41. The van der Waals surface area contributed by atoms with Crippen molar-refractivity contribution in [2.75, 3.05) is 40.5 Å². The molecule has 1 heterocycles. The highest BCUT2D eigenvalue weighted by molar-refractivity contribution is 5.96. The highest BCUT2D eigenvalue weighted by atomic mass is 16.5. The first-order chi connectivity index (χ1) is 14.4. The molecule has 1 aliphatic carbocycles. The second-order valence-corrected chi connectivity index (χ2v) is 7.74. The number of likely N-dealkylation sites (tertiary alicyclic amines) is 1. The van der Waals surface area contributed by atoms with E-state index in [4.69, 9.17) is 19.9 Å². The monoisotopic (exact) mass is 419 g/mol. The number of primary amides is 1. The number of carbonyl (C=O) groups is 3. The van der Waals surface area contributed by atoms with Crippen molar-refractivity contribution in [1.29, 1.82) is 0 Å². The fraction of sp³-hybridized carbons (Fsp3) is 0.571. The molecule has 3 amide bonds. The van der Waals surface area contributed by atoms with Crippen LogP contribution in [0.1, 0.15) is 36.0 Å². The average Bonchev–Trinajstić information content (AvgIpc) is 3.59. The zero-order valence-corrected chi connectivity index (χ0v) is 17.4. The Kier molecular flexibility index (Phi) is 7.02. The standard InChI is InChI=1S/C21H29N3O6/c1-28-16-8-15(9-17(29-2)19(16)30-12-18(22)25)21(27)24-7-3-4-14(11-24)20(26)23-10-13-5-6-13/h8-9,13-14H,3-7,10-12H2,1-2H3,(H2,22,25)(H,23,26). The van der Waals surface area contributed by atoms with E-state index in [0.717, 1.165) is 19.4 Å². The van der Waals surface area contributed by atoms with E-state index in [0.29, 0.717) is 24.6 Å². The van der Waals surface area contributed by atoms with Crippen LogP contribution >= 0.6 is 0 Å². The minimum Gasteiger partial charge on any atom is -0.493 e. The van der Waals surface area contributed by atoms with Gasteiger partial charge in [0.15, 0.2) is 18.1 Å². The molecule has 1 aromatic carbocycles. The van der Waals surface area contributed by atoms with Gasteiger partial charge in [-0.15, -0.1) is 0 Å². The van der Waals surface area contributed by atoms with Crippen molar-refractivity contribution >= 4 is 17.7 Å². The number of amides is 3. The van der Waals surface area contributed by atoms with Crippen LogP contribution in [0.4, 0.5) is 0 Å². The number of hydrogen-bond donors (Lipinski definition) is 2. The number of rotatable bonds is 9. The van der Waals surface area contributed by atoms with Crippen LogP contribution in [-0.4, -0.2) is 63.1 Å². The van der Waals surface area contributed by atoms with Gasteiger partial charge in [0.05, 0.1) is 20.1 Å². The van der Waals surface area contributed by atoms with Gasteiger partial charge in [-0.2, -0.15) is 0 Å². The zero-order valence-electron chi connectivity index (χ0n) is 17.4. The minimum atomic E-state index is -0.640. The fourth-order valence-electron chi connectivity index (χ4n) is 3.56. The van der Waals surface area contributed by atoms with Gasteiger partial charge in [-0.3, -0.25) is 14.4 Å². The van der Waals surface area contributed by atoms with Gasteiger partial charge in [-0.05, 0) is 43.7 Å². The van der Waals surface area contributed by atoms with E-state index < -0.39 is 5.91 Å². The van der Waals surface area contributed by atoms with Crippen LogP contribution in [0.2, 0.25) is 0 Å². The number of ether oxygens (including phenoxy) is 3. The first-order valence-corrected chi connectivity index (χ1v) is 10.2. The predicted octanol–water partition coefficient (Wildman–Crippen LogP) is 0.946. The molecular formula is C21H29N3O6. The van der Waals surface area contributed by atoms with E-state index in [1.165, 1.54) is 39.2 Å². The quantitative estimate of drug-likeness (QED) is 0.615. The molecule has 1 aromatic rings. The molecule has 0 radical (unpaired) electrons. The summed E-state index contributed by atoms with van der Waals surface area (Å²) < 4.78 is 16.0. The van der Waals surface area contributed by atoms with Crippen LogP contribution in [0.5, 0.6) is 17.2 Å². The van der Waals surface area contributed by atoms with E-state index in [1.54, 1.807) is 4.90 Å². The van der Waals surface area contributed by atoms with Crippen molar-refractivity contribution in [3.63, 3.8) is 0 Å². The van der Waals surface area contributed by atoms with Crippen molar-refractivity contribution in [3.05, 3.63) is 17.7 Å². The van der Waals surface area contributed by atoms with Crippen molar-refractivity contribution in [2.24, 2.45) is 17.6 Å². The maximum absolute atomic E-state index is 13.1. The van der Waals surface area contributed by atoms with E-state index in [9.17, 15) is 14.4 Å². The topological polar surface area (TPSA) is 120 Å². The van der Waals surface area contributed by atoms with Crippen LogP contribution in [0.3, 0.4) is 0 Å². The summed E-state index contributed by atoms with van der Waals surface area (Å²) in [5.74, 6) is 0.292. The number of nitrogens with two attached hydrogens (primary N) is 1. The molecule has 1 unspecified atom stereocenters. The van der Waals surface area contributed by atoms with Gasteiger partial charge in [-0.25, -0.2) is 0 Å². The molecular weight excluding hydrogens is 390 g/mol. The lowest BCUT2D eigenvalue weighted by atomic mass is 9.96. The number of nitrogens with one attached hydrogen (secondary N) is 1. The Bertz CT molecular complexity index is 783. The molecule has 1 saturated heterocycles. The van der Waals surface area contributed by atoms with Crippen LogP contribution in [-0.2, 0) is 9.59 Å². The van der Waals surface area contributed by atoms with Gasteiger partial charge < -0.3 is 30.2 Å². The van der Waals surface area contributed by atoms with E-state index >= 15 is 0 Å². The second-order valence-electron chi connectivity index (χ2n) is 7.74. The molecule has 3 rings (SSSR count). The summed E-state index contributed by atoms with van der Waals surface area (Å²) >= 11 is 0. The van der Waals surface area contributed by atoms with Crippen LogP contribution < -0.4 is 25.3 Å². The molecule has 0 bridgehead atoms. The maximum Gasteiger partial charge on any atom is 0.255 e. The molecule has 2 fully saturated rings. The van der Waals surface area contributed by atoms with Gasteiger partial charge in [0.1, 0.15) is 0 Å². The van der Waals surface area contributed by atoms with Crippen molar-refractivity contribution in [3.8, 4) is 17.2 Å². The summed E-state index contributed by atoms with van der Waals surface area (Å²) in [6.07, 6.45) is 3.89. The highest BCUT2D eigenvalue weighted by Gasteiger charge is 2.31. The summed E-state index contributed by atoms with van der Waals surface area (Å²) in [5, 5.41) is 3.01. The Morgan fingerprint density at radius 1 is 1.13 bits per heavy atom. The first kappa shape index (κ1) is 21.7. The molecule has 2 aliphatic rings. The highest BCUT2D eigenvalue weighted by Crippen LogP contribution is 2.39. The predicted molar refractivity (Wildman–Crippen MR) is 109 cm³/mol. The molecule has 164 valence electrons. The van der Waals surface area contributed by atoms with Crippen molar-refractivity contribution in [2.45, 2.75) is 25.7 Å². The van der Waals surface area contributed by atoms with Gasteiger partial charge in [-0.1, -0.05) is 0 Å². The molecule has 1 saturated carbocycles. The maximum atomic E-state index is 13.1. The smallest absolute Gasteiger partial charge is 0.255 e. The lowest BCUT2D eigenvalue weighted by Gasteiger charge is -2.32. The Morgan fingerprint density at radius 3 is 2.37 bits per heavy atom. The summed E-state index contributed by atoms with van der Waals surface area (Å²) in [6, 6.07) is 3.08. The number of nitrogens with zero attached hydrogens (tertiary/aromatic N) is 1. The van der Waals surface area contributed by atoms with Gasteiger partial charge in [0, 0.05) is 25.2 Å². The molecule has 30 heavy (non-hydrogen) atoms. The van der Waals surface area contributed by atoms with Crippen LogP contribution in [0.25, 0.3) is 0 Å². The fourth-order valence-corrected chi connectivity index (χ4v) is 3.56. The third-order valence-corrected chi connectivity index (χ3v) is 5.41. The minimum absolute atomic E-state index is 0.0183. The largest absolute Gasteiger partial charge is 0.493 e. The Hall–Kier alpha value is -2.97. The second kappa shape index (κ2) is 9.69. The molecule has 0 spiro atoms. The third kappa shape index (κ3) is 5.34. The number of carbonyl (C=O) groups excluding carboxylic acids is 3. The van der Waals surface area contributed by atoms with Gasteiger partial charge in [0.2, 0.25) is 11.7 Å². The molecule has 1 aliphatic heterocycles. The number of piperidine rings is 1. The normalized spacial score (nSPS) is 18.5. The molecule has 3 N–H and O–H groups in total. The number of hydrogen-bond acceptors (Lipinski definition) is 6. The Balaban J connectivity index is 1.72. The molecule has 0 aromatic heterocycles. The molecule has 9 heteroatoms. The SMILES string of the molecule is COc1cc(C(=O)N2CCCC(C(=O)NCC3CC3)C2)cc(OC)c1OCC(N)=O. The average molecular weight is 419 g/mol. The molecule has 1 atom stereocenters. The molecule has 9 nitrogen and oxygen atoms in total. The summed E-state index contributed by atoms with van der Waals surface area (Å²) in [6.45, 7) is 1.34. The van der Waals surface area contributed by atoms with Gasteiger partial charge in [0.25, 0.3) is 11.8 Å². The summed E-state index contributed by atoms with van der Waals surface area (Å²) in [4.78, 5) is 38.3.